The Balaban J connectivity index is 1.30. The van der Waals surface area contributed by atoms with E-state index in [0.29, 0.717) is 6.54 Å². The molecule has 0 radical (unpaired) electrons. The summed E-state index contributed by atoms with van der Waals surface area (Å²) >= 11 is 0. The molecule has 3 rings (SSSR count). The summed E-state index contributed by atoms with van der Waals surface area (Å²) in [7, 11) is 5.45. The molecule has 1 amide bonds. The number of aromatic nitrogens is 2. The van der Waals surface area contributed by atoms with Gasteiger partial charge in [-0.15, -0.1) is 0 Å². The number of hydrogen-bond acceptors (Lipinski definition) is 5. The molecule has 0 bridgehead atoms. The number of carbonyl (C=O) groups excluding carboxylic acids is 1. The zero-order chi connectivity index (χ0) is 24.2. The summed E-state index contributed by atoms with van der Waals surface area (Å²) in [5.41, 5.74) is 3.21. The number of rotatable bonds is 13. The summed E-state index contributed by atoms with van der Waals surface area (Å²) in [5.74, 6) is 1.56. The lowest BCUT2D eigenvalue weighted by molar-refractivity contribution is -0.116. The Morgan fingerprint density at radius 2 is 1.79 bits per heavy atom. The van der Waals surface area contributed by atoms with Crippen molar-refractivity contribution in [3.8, 4) is 17.2 Å². The van der Waals surface area contributed by atoms with E-state index in [1.807, 2.05) is 59.3 Å². The molecule has 0 unspecified atom stereocenters. The Labute approximate surface area is 202 Å². The third-order valence-electron chi connectivity index (χ3n) is 5.58. The van der Waals surface area contributed by atoms with Crippen LogP contribution in [0.3, 0.4) is 0 Å². The van der Waals surface area contributed by atoms with E-state index in [0.717, 1.165) is 55.1 Å². The van der Waals surface area contributed by atoms with Gasteiger partial charge in [-0.25, -0.2) is 4.98 Å². The lowest BCUT2D eigenvalue weighted by Gasteiger charge is -2.17. The molecule has 0 fully saturated rings. The Kier molecular flexibility index (Phi) is 9.73. The van der Waals surface area contributed by atoms with Crippen molar-refractivity contribution in [3.05, 3.63) is 78.4 Å². The monoisotopic (exact) mass is 462 g/mol. The third kappa shape index (κ3) is 8.08. The van der Waals surface area contributed by atoms with Crippen LogP contribution in [0.25, 0.3) is 11.8 Å². The van der Waals surface area contributed by atoms with E-state index in [4.69, 9.17) is 9.47 Å². The predicted octanol–water partition coefficient (Wildman–Crippen LogP) is 3.97. The molecule has 0 aliphatic carbocycles. The Bertz CT molecular complexity index is 1020. The lowest BCUT2D eigenvalue weighted by Crippen LogP contribution is -2.25. The molecule has 0 aliphatic heterocycles. The molecule has 0 saturated heterocycles. The molecule has 180 valence electrons. The van der Waals surface area contributed by atoms with Crippen LogP contribution in [0.2, 0.25) is 0 Å². The molecule has 1 aromatic heterocycles. The van der Waals surface area contributed by atoms with Crippen LogP contribution in [0, 0.1) is 0 Å². The zero-order valence-electron chi connectivity index (χ0n) is 20.2. The largest absolute Gasteiger partial charge is 0.497 e. The van der Waals surface area contributed by atoms with E-state index in [1.165, 1.54) is 5.56 Å². The molecule has 1 N–H and O–H groups in total. The van der Waals surface area contributed by atoms with Crippen LogP contribution in [-0.2, 0) is 11.2 Å². The number of likely N-dealkylation sites (N-methyl/N-ethyl adjacent to an activating group) is 1. The summed E-state index contributed by atoms with van der Waals surface area (Å²) in [6.45, 7) is 2.60. The Hall–Kier alpha value is -3.58. The number of imidazole rings is 1. The molecular weight excluding hydrogens is 428 g/mol. The molecule has 7 nitrogen and oxygen atoms in total. The van der Waals surface area contributed by atoms with Gasteiger partial charge in [-0.05, 0) is 74.3 Å². The molecule has 0 atom stereocenters. The van der Waals surface area contributed by atoms with Crippen molar-refractivity contribution in [2.75, 3.05) is 40.9 Å². The highest BCUT2D eigenvalue weighted by Crippen LogP contribution is 2.22. The third-order valence-corrected chi connectivity index (χ3v) is 5.58. The van der Waals surface area contributed by atoms with Gasteiger partial charge in [0.05, 0.1) is 20.5 Å². The molecule has 0 saturated carbocycles. The van der Waals surface area contributed by atoms with Gasteiger partial charge in [-0.1, -0.05) is 12.1 Å². The van der Waals surface area contributed by atoms with Crippen molar-refractivity contribution >= 4 is 12.0 Å². The van der Waals surface area contributed by atoms with E-state index in [1.54, 1.807) is 32.8 Å². The molecule has 34 heavy (non-hydrogen) atoms. The van der Waals surface area contributed by atoms with Gasteiger partial charge in [0.2, 0.25) is 5.91 Å². The fourth-order valence-electron chi connectivity index (χ4n) is 3.56. The topological polar surface area (TPSA) is 68.6 Å². The number of nitrogens with zero attached hydrogens (tertiary/aromatic N) is 3. The van der Waals surface area contributed by atoms with Crippen molar-refractivity contribution in [1.29, 1.82) is 0 Å². The van der Waals surface area contributed by atoms with Crippen molar-refractivity contribution in [2.45, 2.75) is 19.3 Å². The highest BCUT2D eigenvalue weighted by atomic mass is 16.5. The molecule has 2 aromatic carbocycles. The number of nitrogens with one attached hydrogen (secondary N) is 1. The van der Waals surface area contributed by atoms with E-state index in [-0.39, 0.29) is 5.91 Å². The molecule has 0 aliphatic rings. The van der Waals surface area contributed by atoms with Crippen LogP contribution in [0.15, 0.2) is 67.3 Å². The van der Waals surface area contributed by atoms with E-state index in [9.17, 15) is 4.79 Å². The molecule has 3 aromatic rings. The quantitative estimate of drug-likeness (QED) is 0.307. The average molecular weight is 463 g/mol. The van der Waals surface area contributed by atoms with Crippen molar-refractivity contribution in [3.63, 3.8) is 0 Å². The first-order valence-corrected chi connectivity index (χ1v) is 11.5. The van der Waals surface area contributed by atoms with Crippen molar-refractivity contribution in [2.24, 2.45) is 0 Å². The van der Waals surface area contributed by atoms with E-state index in [2.05, 4.69) is 22.2 Å². The first-order chi connectivity index (χ1) is 16.6. The molecular formula is C27H34N4O3. The minimum absolute atomic E-state index is 0.0704. The van der Waals surface area contributed by atoms with Crippen LogP contribution in [0.5, 0.6) is 11.5 Å². The second-order valence-electron chi connectivity index (χ2n) is 8.17. The maximum atomic E-state index is 12.1. The predicted molar refractivity (Wildman–Crippen MR) is 136 cm³/mol. The lowest BCUT2D eigenvalue weighted by atomic mass is 10.1. The van der Waals surface area contributed by atoms with Crippen LogP contribution < -0.4 is 14.8 Å². The standard InChI is InChI=1S/C27H34N4O3/c1-30(16-12-23-18-25(33-2)20-26(19-23)34-3)15-5-4-13-29-27(32)11-8-22-6-9-24(10-7-22)31-17-14-28-21-31/h6-11,14,17-21H,4-5,12-13,15-16H2,1-3H3,(H,29,32)/b11-8+. The maximum absolute atomic E-state index is 12.1. The van der Waals surface area contributed by atoms with Gasteiger partial charge < -0.3 is 24.3 Å². The second kappa shape index (κ2) is 13.2. The number of unbranched alkanes of at least 4 members (excludes halogenated alkanes) is 1. The smallest absolute Gasteiger partial charge is 0.243 e. The number of hydrogen-bond donors (Lipinski definition) is 1. The summed E-state index contributed by atoms with van der Waals surface area (Å²) < 4.78 is 12.6. The van der Waals surface area contributed by atoms with Crippen LogP contribution in [0.4, 0.5) is 0 Å². The van der Waals surface area contributed by atoms with Gasteiger partial charge in [-0.3, -0.25) is 4.79 Å². The number of ether oxygens (including phenoxy) is 2. The summed E-state index contributed by atoms with van der Waals surface area (Å²) in [5, 5.41) is 2.96. The maximum Gasteiger partial charge on any atom is 0.243 e. The number of benzene rings is 2. The highest BCUT2D eigenvalue weighted by Gasteiger charge is 2.05. The van der Waals surface area contributed by atoms with Crippen molar-refractivity contribution in [1.82, 2.24) is 19.8 Å². The van der Waals surface area contributed by atoms with Crippen LogP contribution in [0.1, 0.15) is 24.0 Å². The Morgan fingerprint density at radius 1 is 1.06 bits per heavy atom. The Morgan fingerprint density at radius 3 is 2.44 bits per heavy atom. The SMILES string of the molecule is COc1cc(CCN(C)CCCCNC(=O)/C=C/c2ccc(-n3ccnc3)cc2)cc(OC)c1. The number of carbonyl (C=O) groups is 1. The summed E-state index contributed by atoms with van der Waals surface area (Å²) in [6.07, 6.45) is 11.7. The first-order valence-electron chi connectivity index (χ1n) is 11.5. The number of methoxy groups -OCH3 is 2. The summed E-state index contributed by atoms with van der Waals surface area (Å²) in [4.78, 5) is 18.4. The van der Waals surface area contributed by atoms with Gasteiger partial charge in [0.25, 0.3) is 0 Å². The van der Waals surface area contributed by atoms with Crippen molar-refractivity contribution < 1.29 is 14.3 Å². The normalized spacial score (nSPS) is 11.2. The van der Waals surface area contributed by atoms with Gasteiger partial charge in [0.1, 0.15) is 11.5 Å². The molecule has 1 heterocycles. The van der Waals surface area contributed by atoms with E-state index >= 15 is 0 Å². The van der Waals surface area contributed by atoms with Gasteiger partial charge in [0, 0.05) is 43.3 Å². The summed E-state index contributed by atoms with van der Waals surface area (Å²) in [6, 6.07) is 13.9. The zero-order valence-corrected chi connectivity index (χ0v) is 20.2. The minimum Gasteiger partial charge on any atom is -0.497 e. The second-order valence-corrected chi connectivity index (χ2v) is 8.17. The minimum atomic E-state index is -0.0704. The number of amides is 1. The van der Waals surface area contributed by atoms with Gasteiger partial charge in [0.15, 0.2) is 0 Å². The first kappa shape index (κ1) is 25.1. The van der Waals surface area contributed by atoms with Crippen LogP contribution >= 0.6 is 0 Å². The average Bonchev–Trinajstić information content (AvgIpc) is 3.41. The molecule has 0 spiro atoms. The fraction of sp³-hybridized carbons (Fsp3) is 0.333. The van der Waals surface area contributed by atoms with E-state index < -0.39 is 0 Å². The van der Waals surface area contributed by atoms with Gasteiger partial charge in [-0.2, -0.15) is 0 Å². The molecule has 7 heteroatoms. The fourth-order valence-corrected chi connectivity index (χ4v) is 3.56. The highest BCUT2D eigenvalue weighted by molar-refractivity contribution is 5.91. The van der Waals surface area contributed by atoms with Crippen LogP contribution in [-0.4, -0.2) is 61.3 Å². The van der Waals surface area contributed by atoms with Gasteiger partial charge >= 0.3 is 0 Å².